The van der Waals surface area contributed by atoms with Gasteiger partial charge in [0.2, 0.25) is 5.91 Å². The Morgan fingerprint density at radius 1 is 1.42 bits per heavy atom. The van der Waals surface area contributed by atoms with Gasteiger partial charge in [-0.25, -0.2) is 4.98 Å². The van der Waals surface area contributed by atoms with Gasteiger partial charge in [-0.3, -0.25) is 9.69 Å². The summed E-state index contributed by atoms with van der Waals surface area (Å²) in [6.07, 6.45) is 2.85. The maximum Gasteiger partial charge on any atom is 0.223 e. The normalized spacial score (nSPS) is 18.0. The molecule has 0 saturated carbocycles. The van der Waals surface area contributed by atoms with Gasteiger partial charge in [-0.05, 0) is 63.9 Å². The molecule has 1 aromatic carbocycles. The summed E-state index contributed by atoms with van der Waals surface area (Å²) in [7, 11) is 0. The monoisotopic (exact) mass is 328 g/mol. The summed E-state index contributed by atoms with van der Waals surface area (Å²) < 4.78 is 0. The van der Waals surface area contributed by atoms with E-state index in [1.807, 2.05) is 0 Å². The van der Waals surface area contributed by atoms with E-state index in [0.717, 1.165) is 55.8 Å². The minimum atomic E-state index is 0.161. The summed E-state index contributed by atoms with van der Waals surface area (Å²) in [4.78, 5) is 22.7. The van der Waals surface area contributed by atoms with E-state index in [0.29, 0.717) is 0 Å². The van der Waals surface area contributed by atoms with Gasteiger partial charge in [-0.2, -0.15) is 0 Å². The van der Waals surface area contributed by atoms with E-state index in [9.17, 15) is 4.79 Å². The maximum atomic E-state index is 12.2. The molecule has 5 heteroatoms. The average Bonchev–Trinajstić information content (AvgIpc) is 2.96. The zero-order chi connectivity index (χ0) is 17.1. The molecule has 1 aliphatic heterocycles. The number of rotatable bonds is 5. The first-order chi connectivity index (χ1) is 11.5. The van der Waals surface area contributed by atoms with Gasteiger partial charge in [0.15, 0.2) is 0 Å². The second kappa shape index (κ2) is 7.34. The van der Waals surface area contributed by atoms with Crippen LogP contribution in [0.1, 0.15) is 44.5 Å². The number of piperidine rings is 1. The summed E-state index contributed by atoms with van der Waals surface area (Å²) >= 11 is 0. The van der Waals surface area contributed by atoms with Crippen LogP contribution in [0, 0.1) is 12.8 Å². The predicted molar refractivity (Wildman–Crippen MR) is 96.7 cm³/mol. The van der Waals surface area contributed by atoms with Crippen LogP contribution in [0.4, 0.5) is 0 Å². The Balaban J connectivity index is 1.54. The summed E-state index contributed by atoms with van der Waals surface area (Å²) in [6.45, 7) is 8.99. The second-order valence-corrected chi connectivity index (χ2v) is 7.07. The number of likely N-dealkylation sites (tertiary alicyclic amines) is 1. The molecule has 3 rings (SSSR count). The number of aromatic amines is 1. The first-order valence-electron chi connectivity index (χ1n) is 9.03. The Kier molecular flexibility index (Phi) is 5.19. The second-order valence-electron chi connectivity index (χ2n) is 7.07. The highest BCUT2D eigenvalue weighted by molar-refractivity contribution is 5.79. The van der Waals surface area contributed by atoms with Crippen molar-refractivity contribution in [3.05, 3.63) is 29.6 Å². The summed E-state index contributed by atoms with van der Waals surface area (Å²) in [6, 6.07) is 6.57. The minimum Gasteiger partial charge on any atom is -0.353 e. The molecule has 2 heterocycles. The highest BCUT2D eigenvalue weighted by atomic mass is 16.1. The van der Waals surface area contributed by atoms with E-state index >= 15 is 0 Å². The van der Waals surface area contributed by atoms with Crippen LogP contribution in [-0.4, -0.2) is 39.9 Å². The minimum absolute atomic E-state index is 0.161. The van der Waals surface area contributed by atoms with Crippen LogP contribution >= 0.6 is 0 Å². The van der Waals surface area contributed by atoms with Gasteiger partial charge in [-0.1, -0.05) is 13.0 Å². The standard InChI is InChI=1S/C19H28N4O/c1-4-14(3)20-19(24)15-7-9-23(10-8-15)12-18-21-16-6-5-13(2)11-17(16)22-18/h5-6,11,14-15H,4,7-10,12H2,1-3H3,(H,20,24)(H,21,22). The van der Waals surface area contributed by atoms with Crippen molar-refractivity contribution in [1.82, 2.24) is 20.2 Å². The molecule has 1 amide bonds. The summed E-state index contributed by atoms with van der Waals surface area (Å²) in [5.74, 6) is 1.40. The molecular weight excluding hydrogens is 300 g/mol. The molecule has 0 radical (unpaired) electrons. The van der Waals surface area contributed by atoms with E-state index in [-0.39, 0.29) is 17.9 Å². The Hall–Kier alpha value is -1.88. The van der Waals surface area contributed by atoms with E-state index < -0.39 is 0 Å². The number of carbonyl (C=O) groups excluding carboxylic acids is 1. The van der Waals surface area contributed by atoms with Crippen LogP contribution in [0.15, 0.2) is 18.2 Å². The molecule has 1 aliphatic rings. The molecule has 1 fully saturated rings. The van der Waals surface area contributed by atoms with Gasteiger partial charge in [0.1, 0.15) is 5.82 Å². The largest absolute Gasteiger partial charge is 0.353 e. The molecule has 0 bridgehead atoms. The van der Waals surface area contributed by atoms with Crippen molar-refractivity contribution < 1.29 is 4.79 Å². The number of fused-ring (bicyclic) bond motifs is 1. The third-order valence-electron chi connectivity index (χ3n) is 5.02. The van der Waals surface area contributed by atoms with Crippen molar-refractivity contribution in [2.45, 2.75) is 52.6 Å². The fourth-order valence-corrected chi connectivity index (χ4v) is 3.28. The fraction of sp³-hybridized carbons (Fsp3) is 0.579. The number of H-pyrrole nitrogens is 1. The van der Waals surface area contributed by atoms with Crippen LogP contribution < -0.4 is 5.32 Å². The molecule has 0 spiro atoms. The molecule has 2 N–H and O–H groups in total. The lowest BCUT2D eigenvalue weighted by atomic mass is 9.95. The molecule has 1 aromatic heterocycles. The number of nitrogens with zero attached hydrogens (tertiary/aromatic N) is 2. The van der Waals surface area contributed by atoms with Crippen LogP contribution in [0.5, 0.6) is 0 Å². The van der Waals surface area contributed by atoms with Crippen molar-refractivity contribution >= 4 is 16.9 Å². The third kappa shape index (κ3) is 3.96. The Labute approximate surface area is 143 Å². The maximum absolute atomic E-state index is 12.2. The van der Waals surface area contributed by atoms with Gasteiger partial charge in [0, 0.05) is 12.0 Å². The molecule has 5 nitrogen and oxygen atoms in total. The summed E-state index contributed by atoms with van der Waals surface area (Å²) in [5.41, 5.74) is 3.37. The molecule has 0 aliphatic carbocycles. The van der Waals surface area contributed by atoms with E-state index in [2.05, 4.69) is 59.2 Å². The molecule has 24 heavy (non-hydrogen) atoms. The SMILES string of the molecule is CCC(C)NC(=O)C1CCN(Cc2nc3ccc(C)cc3[nH]2)CC1. The van der Waals surface area contributed by atoms with E-state index in [4.69, 9.17) is 0 Å². The highest BCUT2D eigenvalue weighted by Crippen LogP contribution is 2.20. The third-order valence-corrected chi connectivity index (χ3v) is 5.02. The van der Waals surface area contributed by atoms with Crippen LogP contribution in [0.25, 0.3) is 11.0 Å². The van der Waals surface area contributed by atoms with Crippen LogP contribution in [-0.2, 0) is 11.3 Å². The number of aromatic nitrogens is 2. The van der Waals surface area contributed by atoms with E-state index in [1.54, 1.807) is 0 Å². The summed E-state index contributed by atoms with van der Waals surface area (Å²) in [5, 5.41) is 3.11. The van der Waals surface area contributed by atoms with Crippen molar-refractivity contribution in [2.24, 2.45) is 5.92 Å². The van der Waals surface area contributed by atoms with E-state index in [1.165, 1.54) is 5.56 Å². The molecule has 130 valence electrons. The number of carbonyl (C=O) groups is 1. The van der Waals surface area contributed by atoms with Crippen molar-refractivity contribution in [3.8, 4) is 0 Å². The van der Waals surface area contributed by atoms with Gasteiger partial charge in [0.25, 0.3) is 0 Å². The Morgan fingerprint density at radius 3 is 2.88 bits per heavy atom. The molecular formula is C19H28N4O. The van der Waals surface area contributed by atoms with Crippen LogP contribution in [0.2, 0.25) is 0 Å². The number of hydrogen-bond donors (Lipinski definition) is 2. The first-order valence-corrected chi connectivity index (χ1v) is 9.03. The smallest absolute Gasteiger partial charge is 0.223 e. The first kappa shape index (κ1) is 17.0. The number of nitrogens with one attached hydrogen (secondary N) is 2. The number of hydrogen-bond acceptors (Lipinski definition) is 3. The molecule has 1 atom stereocenters. The number of aryl methyl sites for hydroxylation is 1. The topological polar surface area (TPSA) is 61.0 Å². The van der Waals surface area contributed by atoms with Crippen molar-refractivity contribution in [2.75, 3.05) is 13.1 Å². The van der Waals surface area contributed by atoms with Gasteiger partial charge in [-0.15, -0.1) is 0 Å². The number of imidazole rings is 1. The average molecular weight is 328 g/mol. The molecule has 2 aromatic rings. The van der Waals surface area contributed by atoms with Gasteiger partial charge >= 0.3 is 0 Å². The quantitative estimate of drug-likeness (QED) is 0.887. The number of benzene rings is 1. The highest BCUT2D eigenvalue weighted by Gasteiger charge is 2.25. The lowest BCUT2D eigenvalue weighted by molar-refractivity contribution is -0.127. The van der Waals surface area contributed by atoms with Gasteiger partial charge < -0.3 is 10.3 Å². The van der Waals surface area contributed by atoms with Crippen molar-refractivity contribution in [3.63, 3.8) is 0 Å². The Bertz CT molecular complexity index is 700. The van der Waals surface area contributed by atoms with Crippen molar-refractivity contribution in [1.29, 1.82) is 0 Å². The zero-order valence-electron chi connectivity index (χ0n) is 14.9. The lowest BCUT2D eigenvalue weighted by Gasteiger charge is -2.31. The lowest BCUT2D eigenvalue weighted by Crippen LogP contribution is -2.42. The van der Waals surface area contributed by atoms with Crippen LogP contribution in [0.3, 0.4) is 0 Å². The zero-order valence-corrected chi connectivity index (χ0v) is 14.9. The molecule has 1 saturated heterocycles. The number of amides is 1. The Morgan fingerprint density at radius 2 is 2.17 bits per heavy atom. The van der Waals surface area contributed by atoms with Gasteiger partial charge in [0.05, 0.1) is 17.6 Å². The molecule has 1 unspecified atom stereocenters. The predicted octanol–water partition coefficient (Wildman–Crippen LogP) is 3.00. The fourth-order valence-electron chi connectivity index (χ4n) is 3.28.